The molecule has 0 bridgehead atoms. The van der Waals surface area contributed by atoms with E-state index in [0.29, 0.717) is 5.82 Å². The van der Waals surface area contributed by atoms with E-state index in [4.69, 9.17) is 10.1 Å². The van der Waals surface area contributed by atoms with E-state index in [2.05, 4.69) is 21.0 Å². The normalized spacial score (nSPS) is 15.9. The van der Waals surface area contributed by atoms with Crippen molar-refractivity contribution in [3.63, 3.8) is 0 Å². The van der Waals surface area contributed by atoms with E-state index in [-0.39, 0.29) is 11.7 Å². The van der Waals surface area contributed by atoms with Crippen molar-refractivity contribution in [3.8, 4) is 17.2 Å². The first kappa shape index (κ1) is 18.9. The molecule has 1 atom stereocenters. The van der Waals surface area contributed by atoms with Crippen LogP contribution in [-0.4, -0.2) is 34.3 Å². The largest absolute Gasteiger partial charge is 0.337 e. The van der Waals surface area contributed by atoms with Crippen LogP contribution in [-0.2, 0) is 6.54 Å². The molecule has 0 saturated carbocycles. The van der Waals surface area contributed by atoms with Gasteiger partial charge in [-0.05, 0) is 62.1 Å². The van der Waals surface area contributed by atoms with Crippen LogP contribution in [0.15, 0.2) is 49.1 Å². The lowest BCUT2D eigenvalue weighted by Gasteiger charge is -2.23. The number of pyridine rings is 1. The number of benzene rings is 1. The van der Waals surface area contributed by atoms with Gasteiger partial charge >= 0.3 is 0 Å². The number of H-pyrrole nitrogens is 1. The smallest absolute Gasteiger partial charge is 0.197 e. The number of hydrogen-bond acceptors (Lipinski definition) is 4. The number of nitrogens with one attached hydrogen (secondary N) is 1. The van der Waals surface area contributed by atoms with Crippen molar-refractivity contribution in [2.24, 2.45) is 0 Å². The third-order valence-corrected chi connectivity index (χ3v) is 6.19. The zero-order chi connectivity index (χ0) is 21.8. The molecule has 7 nitrogen and oxygen atoms in total. The molecule has 1 N–H and O–H groups in total. The van der Waals surface area contributed by atoms with Gasteiger partial charge in [-0.1, -0.05) is 6.07 Å². The van der Waals surface area contributed by atoms with Gasteiger partial charge in [-0.25, -0.2) is 24.0 Å². The molecule has 6 rings (SSSR count). The minimum absolute atomic E-state index is 0.115. The molecular formula is C24H22FN7. The van der Waals surface area contributed by atoms with Gasteiger partial charge in [-0.2, -0.15) is 0 Å². The number of halogens is 1. The van der Waals surface area contributed by atoms with Crippen LogP contribution in [0.25, 0.3) is 28.2 Å². The van der Waals surface area contributed by atoms with Crippen LogP contribution in [0.4, 0.5) is 4.39 Å². The molecular weight excluding hydrogens is 405 g/mol. The molecule has 5 aromatic rings. The molecule has 1 aromatic carbocycles. The summed E-state index contributed by atoms with van der Waals surface area (Å²) < 4.78 is 17.6. The Morgan fingerprint density at radius 1 is 1.12 bits per heavy atom. The molecule has 0 aliphatic carbocycles. The first-order valence-electron chi connectivity index (χ1n) is 10.8. The van der Waals surface area contributed by atoms with Gasteiger partial charge in [0.15, 0.2) is 5.82 Å². The van der Waals surface area contributed by atoms with Crippen LogP contribution in [0.3, 0.4) is 0 Å². The average Bonchev–Trinajstić information content (AvgIpc) is 3.50. The Morgan fingerprint density at radius 3 is 2.84 bits per heavy atom. The van der Waals surface area contributed by atoms with Gasteiger partial charge < -0.3 is 9.55 Å². The molecule has 0 amide bonds. The summed E-state index contributed by atoms with van der Waals surface area (Å²) in [7, 11) is 0. The first-order chi connectivity index (χ1) is 15.5. The van der Waals surface area contributed by atoms with Crippen LogP contribution in [0.1, 0.15) is 41.4 Å². The maximum Gasteiger partial charge on any atom is 0.197 e. The fraction of sp³-hybridized carbons (Fsp3) is 0.250. The highest BCUT2D eigenvalue weighted by molar-refractivity contribution is 5.83. The molecule has 0 radical (unpaired) electrons. The molecule has 160 valence electrons. The number of aromatic amines is 1. The Kier molecular flexibility index (Phi) is 4.21. The Labute approximate surface area is 184 Å². The average molecular weight is 427 g/mol. The molecule has 1 aliphatic heterocycles. The Morgan fingerprint density at radius 2 is 2.03 bits per heavy atom. The highest BCUT2D eigenvalue weighted by Crippen LogP contribution is 2.35. The monoisotopic (exact) mass is 427 g/mol. The van der Waals surface area contributed by atoms with E-state index in [9.17, 15) is 4.39 Å². The summed E-state index contributed by atoms with van der Waals surface area (Å²) in [6.45, 7) is 4.75. The number of aromatic nitrogens is 7. The van der Waals surface area contributed by atoms with Crippen molar-refractivity contribution in [1.29, 1.82) is 0 Å². The van der Waals surface area contributed by atoms with Crippen LogP contribution in [0.2, 0.25) is 0 Å². The highest BCUT2D eigenvalue weighted by Gasteiger charge is 2.27. The predicted molar refractivity (Wildman–Crippen MR) is 119 cm³/mol. The molecule has 1 unspecified atom stereocenters. The van der Waals surface area contributed by atoms with Crippen LogP contribution in [0.5, 0.6) is 0 Å². The topological polar surface area (TPSA) is 77.2 Å². The second kappa shape index (κ2) is 7.12. The zero-order valence-corrected chi connectivity index (χ0v) is 17.9. The van der Waals surface area contributed by atoms with E-state index in [1.54, 1.807) is 12.4 Å². The lowest BCUT2D eigenvalue weighted by Crippen LogP contribution is -2.18. The van der Waals surface area contributed by atoms with Gasteiger partial charge in [0.05, 0.1) is 29.6 Å². The van der Waals surface area contributed by atoms with E-state index >= 15 is 0 Å². The van der Waals surface area contributed by atoms with Crippen molar-refractivity contribution in [1.82, 2.24) is 34.3 Å². The maximum atomic E-state index is 13.6. The first-order valence-corrected chi connectivity index (χ1v) is 10.8. The van der Waals surface area contributed by atoms with Gasteiger partial charge in [0.1, 0.15) is 17.3 Å². The van der Waals surface area contributed by atoms with Crippen LogP contribution in [0, 0.1) is 19.7 Å². The summed E-state index contributed by atoms with van der Waals surface area (Å²) in [5.74, 6) is 1.50. The molecule has 1 aliphatic rings. The standard InChI is InChI=1S/C24H22FN7/c1-14-8-17(25)5-6-19(14)20-4-3-7-32-24(20)29-23(30-32)21-10-16-9-18(11-26-22(16)28-21)31-12-15(2)27-13-31/h5-6,8-13,20H,3-4,7H2,1-2H3,(H,26,28). The van der Waals surface area contributed by atoms with Crippen LogP contribution >= 0.6 is 0 Å². The lowest BCUT2D eigenvalue weighted by atomic mass is 9.88. The molecule has 32 heavy (non-hydrogen) atoms. The number of hydrogen-bond donors (Lipinski definition) is 1. The summed E-state index contributed by atoms with van der Waals surface area (Å²) >= 11 is 0. The fourth-order valence-electron chi connectivity index (χ4n) is 4.62. The third kappa shape index (κ3) is 3.10. The second-order valence-electron chi connectivity index (χ2n) is 8.45. The molecule has 0 saturated heterocycles. The number of rotatable bonds is 3. The number of imidazole rings is 1. The Hall–Kier alpha value is -3.81. The van der Waals surface area contributed by atoms with Crippen LogP contribution < -0.4 is 0 Å². The fourth-order valence-corrected chi connectivity index (χ4v) is 4.62. The Bertz CT molecular complexity index is 1460. The van der Waals surface area contributed by atoms with Crippen molar-refractivity contribution in [2.45, 2.75) is 39.2 Å². The van der Waals surface area contributed by atoms with E-state index < -0.39 is 0 Å². The summed E-state index contributed by atoms with van der Waals surface area (Å²) in [5.41, 5.74) is 5.60. The number of fused-ring (bicyclic) bond motifs is 2. The summed E-state index contributed by atoms with van der Waals surface area (Å²) in [4.78, 5) is 17.1. The highest BCUT2D eigenvalue weighted by atomic mass is 19.1. The molecule has 0 spiro atoms. The van der Waals surface area contributed by atoms with Crippen molar-refractivity contribution in [2.75, 3.05) is 0 Å². The van der Waals surface area contributed by atoms with Crippen molar-refractivity contribution >= 4 is 11.0 Å². The van der Waals surface area contributed by atoms with Gasteiger partial charge in [0.25, 0.3) is 0 Å². The van der Waals surface area contributed by atoms with Gasteiger partial charge in [0.2, 0.25) is 0 Å². The summed E-state index contributed by atoms with van der Waals surface area (Å²) in [6, 6.07) is 9.11. The minimum Gasteiger partial charge on any atom is -0.337 e. The quantitative estimate of drug-likeness (QED) is 0.453. The zero-order valence-electron chi connectivity index (χ0n) is 17.9. The third-order valence-electron chi connectivity index (χ3n) is 6.19. The molecule has 5 heterocycles. The second-order valence-corrected chi connectivity index (χ2v) is 8.45. The number of aryl methyl sites for hydroxylation is 3. The summed E-state index contributed by atoms with van der Waals surface area (Å²) in [6.07, 6.45) is 7.57. The molecule has 4 aromatic heterocycles. The van der Waals surface area contributed by atoms with E-state index in [1.165, 1.54) is 6.07 Å². The van der Waals surface area contributed by atoms with Gasteiger partial charge in [0, 0.05) is 24.0 Å². The minimum atomic E-state index is -0.208. The predicted octanol–water partition coefficient (Wildman–Crippen LogP) is 4.69. The summed E-state index contributed by atoms with van der Waals surface area (Å²) in [5, 5.41) is 5.77. The Balaban J connectivity index is 1.39. The van der Waals surface area contributed by atoms with Crippen molar-refractivity contribution < 1.29 is 4.39 Å². The number of nitrogens with zero attached hydrogens (tertiary/aromatic N) is 6. The van der Waals surface area contributed by atoms with Gasteiger partial charge in [-0.3, -0.25) is 0 Å². The maximum absolute atomic E-state index is 13.6. The van der Waals surface area contributed by atoms with Crippen molar-refractivity contribution in [3.05, 3.63) is 77.5 Å². The lowest BCUT2D eigenvalue weighted by molar-refractivity contribution is 0.445. The van der Waals surface area contributed by atoms with E-state index in [0.717, 1.165) is 64.4 Å². The SMILES string of the molecule is Cc1cn(-c2cnc3[nH]c(-c4nc5n(n4)CCCC5c4ccc(F)cc4C)cc3c2)cn1. The molecule has 8 heteroatoms. The molecule has 0 fully saturated rings. The van der Waals surface area contributed by atoms with E-state index in [1.807, 2.05) is 47.6 Å². The van der Waals surface area contributed by atoms with Gasteiger partial charge in [-0.15, -0.1) is 5.10 Å².